The van der Waals surface area contributed by atoms with E-state index >= 15 is 0 Å². The summed E-state index contributed by atoms with van der Waals surface area (Å²) < 4.78 is 53.4. The Balaban J connectivity index is 1.54. The molecule has 0 aliphatic heterocycles. The summed E-state index contributed by atoms with van der Waals surface area (Å²) in [7, 11) is 3.11. The molecule has 2 heterocycles. The molecule has 0 radical (unpaired) electrons. The van der Waals surface area contributed by atoms with Crippen LogP contribution in [0, 0.1) is 0 Å². The van der Waals surface area contributed by atoms with Gasteiger partial charge in [-0.2, -0.15) is 18.3 Å². The minimum Gasteiger partial charge on any atom is -0.497 e. The van der Waals surface area contributed by atoms with Crippen molar-refractivity contribution in [2.45, 2.75) is 19.1 Å². The summed E-state index contributed by atoms with van der Waals surface area (Å²) in [6.07, 6.45) is -2.14. The van der Waals surface area contributed by atoms with Gasteiger partial charge in [0, 0.05) is 26.1 Å². The van der Waals surface area contributed by atoms with Crippen molar-refractivity contribution in [3.63, 3.8) is 0 Å². The normalized spacial score (nSPS) is 11.5. The smallest absolute Gasteiger partial charge is 0.416 e. The second-order valence-electron chi connectivity index (χ2n) is 7.54. The highest BCUT2D eigenvalue weighted by Gasteiger charge is 2.31. The second kappa shape index (κ2) is 9.49. The number of benzene rings is 2. The summed E-state index contributed by atoms with van der Waals surface area (Å²) in [4.78, 5) is 29.3. The lowest BCUT2D eigenvalue weighted by Gasteiger charge is -2.16. The van der Waals surface area contributed by atoms with Crippen LogP contribution in [0.25, 0.3) is 11.0 Å². The Labute approximate surface area is 196 Å². The van der Waals surface area contributed by atoms with E-state index < -0.39 is 17.6 Å². The molecular weight excluding hydrogens is 467 g/mol. The third-order valence-electron chi connectivity index (χ3n) is 5.15. The van der Waals surface area contributed by atoms with Crippen LogP contribution in [-0.2, 0) is 24.6 Å². The van der Waals surface area contributed by atoms with Crippen LogP contribution in [0.2, 0.25) is 0 Å². The summed E-state index contributed by atoms with van der Waals surface area (Å²) in [6.45, 7) is -0.0342. The van der Waals surface area contributed by atoms with Crippen molar-refractivity contribution in [1.82, 2.24) is 19.3 Å². The number of alkyl halides is 3. The Morgan fingerprint density at radius 1 is 1.14 bits per heavy atom. The van der Waals surface area contributed by atoms with Gasteiger partial charge >= 0.3 is 6.18 Å². The summed E-state index contributed by atoms with van der Waals surface area (Å²) in [5, 5.41) is 6.73. The van der Waals surface area contributed by atoms with Crippen molar-refractivity contribution in [2.24, 2.45) is 7.05 Å². The minimum atomic E-state index is -4.62. The molecule has 182 valence electrons. The van der Waals surface area contributed by atoms with E-state index in [2.05, 4.69) is 15.4 Å². The van der Waals surface area contributed by atoms with Gasteiger partial charge in [-0.15, -0.1) is 0 Å². The predicted molar refractivity (Wildman–Crippen MR) is 121 cm³/mol. The Hall–Kier alpha value is -4.35. The fraction of sp³-hybridized carbons (Fsp3) is 0.217. The molecule has 0 aliphatic rings. The maximum Gasteiger partial charge on any atom is 0.416 e. The Bertz CT molecular complexity index is 1450. The quantitative estimate of drug-likeness (QED) is 0.423. The fourth-order valence-electron chi connectivity index (χ4n) is 3.35. The molecule has 0 fully saturated rings. The van der Waals surface area contributed by atoms with E-state index in [1.54, 1.807) is 31.3 Å². The van der Waals surface area contributed by atoms with Gasteiger partial charge in [0.15, 0.2) is 11.4 Å². The highest BCUT2D eigenvalue weighted by Crippen LogP contribution is 2.37. The van der Waals surface area contributed by atoms with Gasteiger partial charge in [-0.05, 0) is 30.3 Å². The molecular formula is C23H20F3N5O4. The van der Waals surface area contributed by atoms with Gasteiger partial charge in [0.25, 0.3) is 5.56 Å². The molecule has 1 N–H and O–H groups in total. The summed E-state index contributed by atoms with van der Waals surface area (Å²) in [5.74, 6) is 0.194. The van der Waals surface area contributed by atoms with E-state index in [0.717, 1.165) is 18.2 Å². The highest BCUT2D eigenvalue weighted by atomic mass is 19.4. The first-order chi connectivity index (χ1) is 16.7. The maximum atomic E-state index is 13.3. The molecule has 0 saturated carbocycles. The number of carbonyl (C=O) groups excluding carboxylic acids is 1. The van der Waals surface area contributed by atoms with Gasteiger partial charge in [0.2, 0.25) is 5.91 Å². The number of hydrogen-bond acceptors (Lipinski definition) is 6. The van der Waals surface area contributed by atoms with Crippen molar-refractivity contribution in [3.8, 4) is 17.2 Å². The van der Waals surface area contributed by atoms with E-state index in [9.17, 15) is 22.8 Å². The molecule has 0 unspecified atom stereocenters. The van der Waals surface area contributed by atoms with Crippen LogP contribution in [0.1, 0.15) is 12.0 Å². The van der Waals surface area contributed by atoms with Crippen LogP contribution in [0.3, 0.4) is 0 Å². The first kappa shape index (κ1) is 23.8. The van der Waals surface area contributed by atoms with Crippen molar-refractivity contribution in [3.05, 3.63) is 70.9 Å². The average Bonchev–Trinajstić information content (AvgIpc) is 3.20. The van der Waals surface area contributed by atoms with E-state index in [1.807, 2.05) is 0 Å². The first-order valence-electron chi connectivity index (χ1n) is 10.4. The van der Waals surface area contributed by atoms with Crippen LogP contribution < -0.4 is 20.3 Å². The largest absolute Gasteiger partial charge is 0.497 e. The zero-order valence-electron chi connectivity index (χ0n) is 18.7. The molecule has 35 heavy (non-hydrogen) atoms. The third-order valence-corrected chi connectivity index (χ3v) is 5.15. The van der Waals surface area contributed by atoms with Crippen molar-refractivity contribution in [1.29, 1.82) is 0 Å². The first-order valence-corrected chi connectivity index (χ1v) is 10.4. The Morgan fingerprint density at radius 2 is 1.91 bits per heavy atom. The standard InChI is InChI=1S/C23H20F3N5O4/c1-30-21-17(12-28-30)22(33)31(13-27-21)9-8-20(32)29-18-10-14(23(24,25)26)6-7-19(18)35-16-5-3-4-15(11-16)34-2/h3-7,10-13H,8-9H2,1-2H3,(H,29,32). The predicted octanol–water partition coefficient (Wildman–Crippen LogP) is 3.98. The number of aromatic nitrogens is 4. The zero-order chi connectivity index (χ0) is 25.2. The van der Waals surface area contributed by atoms with E-state index in [0.29, 0.717) is 22.5 Å². The van der Waals surface area contributed by atoms with Gasteiger partial charge in [-0.25, -0.2) is 4.98 Å². The lowest BCUT2D eigenvalue weighted by molar-refractivity contribution is -0.137. The molecule has 9 nitrogen and oxygen atoms in total. The molecule has 0 atom stereocenters. The molecule has 4 rings (SSSR count). The summed E-state index contributed by atoms with van der Waals surface area (Å²) >= 11 is 0. The monoisotopic (exact) mass is 487 g/mol. The molecule has 0 saturated heterocycles. The third kappa shape index (κ3) is 5.26. The van der Waals surface area contributed by atoms with Crippen molar-refractivity contribution < 1.29 is 27.4 Å². The van der Waals surface area contributed by atoms with E-state index in [1.165, 1.54) is 28.9 Å². The van der Waals surface area contributed by atoms with E-state index in [-0.39, 0.29) is 30.0 Å². The molecule has 4 aromatic rings. The van der Waals surface area contributed by atoms with Crippen LogP contribution in [0.4, 0.5) is 18.9 Å². The Morgan fingerprint density at radius 3 is 2.66 bits per heavy atom. The second-order valence-corrected chi connectivity index (χ2v) is 7.54. The molecule has 2 aromatic carbocycles. The lowest BCUT2D eigenvalue weighted by Crippen LogP contribution is -2.23. The van der Waals surface area contributed by atoms with Gasteiger partial charge in [-0.3, -0.25) is 18.8 Å². The number of ether oxygens (including phenoxy) is 2. The highest BCUT2D eigenvalue weighted by molar-refractivity contribution is 5.92. The molecule has 0 aliphatic carbocycles. The lowest BCUT2D eigenvalue weighted by atomic mass is 10.1. The summed E-state index contributed by atoms with van der Waals surface area (Å²) in [6, 6.07) is 9.27. The van der Waals surface area contributed by atoms with Gasteiger partial charge in [-0.1, -0.05) is 6.07 Å². The number of anilines is 1. The Kier molecular flexibility index (Phi) is 6.45. The number of amides is 1. The minimum absolute atomic E-state index is 0.00946. The number of aryl methyl sites for hydroxylation is 2. The molecule has 2 aromatic heterocycles. The van der Waals surface area contributed by atoms with E-state index in [4.69, 9.17) is 9.47 Å². The van der Waals surface area contributed by atoms with Crippen LogP contribution >= 0.6 is 0 Å². The maximum absolute atomic E-state index is 13.3. The zero-order valence-corrected chi connectivity index (χ0v) is 18.7. The van der Waals surface area contributed by atoms with Crippen LogP contribution in [0.5, 0.6) is 17.2 Å². The van der Waals surface area contributed by atoms with Crippen molar-refractivity contribution in [2.75, 3.05) is 12.4 Å². The number of carbonyl (C=O) groups is 1. The van der Waals surface area contributed by atoms with Crippen LogP contribution in [0.15, 0.2) is 59.8 Å². The SMILES string of the molecule is COc1cccc(Oc2ccc(C(F)(F)F)cc2NC(=O)CCn2cnc3c(cnn3C)c2=O)c1. The fourth-order valence-corrected chi connectivity index (χ4v) is 3.35. The summed E-state index contributed by atoms with van der Waals surface area (Å²) in [5.41, 5.74) is -1.09. The average molecular weight is 487 g/mol. The molecule has 0 bridgehead atoms. The number of hydrogen-bond donors (Lipinski definition) is 1. The number of methoxy groups -OCH3 is 1. The topological polar surface area (TPSA) is 100 Å². The molecule has 0 spiro atoms. The number of halogens is 3. The van der Waals surface area contributed by atoms with Gasteiger partial charge in [0.1, 0.15) is 16.9 Å². The number of fused-ring (bicyclic) bond motifs is 1. The number of nitrogens with zero attached hydrogens (tertiary/aromatic N) is 4. The molecule has 1 amide bonds. The molecule has 12 heteroatoms. The van der Waals surface area contributed by atoms with Crippen molar-refractivity contribution >= 4 is 22.6 Å². The van der Waals surface area contributed by atoms with Gasteiger partial charge in [0.05, 0.1) is 30.9 Å². The number of nitrogens with one attached hydrogen (secondary N) is 1. The number of rotatable bonds is 7. The van der Waals surface area contributed by atoms with Gasteiger partial charge < -0.3 is 14.8 Å². The van der Waals surface area contributed by atoms with Crippen LogP contribution in [-0.4, -0.2) is 32.3 Å².